The Balaban J connectivity index is 3.41. The molecule has 2 unspecified atom stereocenters. The third-order valence-electron chi connectivity index (χ3n) is 12.3. The summed E-state index contributed by atoms with van der Waals surface area (Å²) in [5.41, 5.74) is 0. The molecule has 0 aliphatic rings. The van der Waals surface area contributed by atoms with Gasteiger partial charge in [0.1, 0.15) is 0 Å². The van der Waals surface area contributed by atoms with E-state index in [4.69, 9.17) is 4.74 Å². The van der Waals surface area contributed by atoms with Crippen molar-refractivity contribution in [3.63, 3.8) is 0 Å². The molecular weight excluding hydrogens is 779 g/mol. The van der Waals surface area contributed by atoms with E-state index in [2.05, 4.69) is 55.6 Å². The fourth-order valence-electron chi connectivity index (χ4n) is 8.06. The van der Waals surface area contributed by atoms with Crippen LogP contribution in [0.5, 0.6) is 0 Å². The molecule has 368 valence electrons. The number of ether oxygens (including phenoxy) is 1. The van der Waals surface area contributed by atoms with Crippen LogP contribution in [-0.2, 0) is 14.3 Å². The molecule has 0 saturated heterocycles. The topological polar surface area (TPSA) is 95.9 Å². The zero-order valence-electron chi connectivity index (χ0n) is 41.8. The van der Waals surface area contributed by atoms with Gasteiger partial charge in [0.2, 0.25) is 5.91 Å². The number of hydrogen-bond acceptors (Lipinski definition) is 5. The summed E-state index contributed by atoms with van der Waals surface area (Å²) in [6, 6.07) is -0.631. The van der Waals surface area contributed by atoms with Gasteiger partial charge >= 0.3 is 5.97 Å². The number of amides is 1. The first-order valence-corrected chi connectivity index (χ1v) is 27.4. The summed E-state index contributed by atoms with van der Waals surface area (Å²) in [5.74, 6) is -0.0828. The van der Waals surface area contributed by atoms with Crippen molar-refractivity contribution in [2.45, 2.75) is 289 Å². The molecule has 0 fully saturated rings. The molecule has 6 nitrogen and oxygen atoms in total. The summed E-state index contributed by atoms with van der Waals surface area (Å²) in [5, 5.41) is 22.9. The molecule has 0 aromatic heterocycles. The number of rotatable bonds is 50. The van der Waals surface area contributed by atoms with Crippen LogP contribution in [0.2, 0.25) is 0 Å². The highest BCUT2D eigenvalue weighted by molar-refractivity contribution is 5.76. The highest BCUT2D eigenvalue weighted by atomic mass is 16.5. The molecule has 6 heteroatoms. The summed E-state index contributed by atoms with van der Waals surface area (Å²) < 4.78 is 5.46. The van der Waals surface area contributed by atoms with Gasteiger partial charge in [-0.1, -0.05) is 229 Å². The highest BCUT2D eigenvalue weighted by Gasteiger charge is 2.18. The fourth-order valence-corrected chi connectivity index (χ4v) is 8.06. The van der Waals surface area contributed by atoms with Crippen molar-refractivity contribution in [1.29, 1.82) is 0 Å². The quantitative estimate of drug-likeness (QED) is 0.0321. The van der Waals surface area contributed by atoms with Crippen LogP contribution in [0.25, 0.3) is 0 Å². The summed E-state index contributed by atoms with van der Waals surface area (Å²) in [6.07, 6.45) is 65.6. The minimum atomic E-state index is -0.846. The molecular formula is C57H105NO5. The predicted molar refractivity (Wildman–Crippen MR) is 273 cm³/mol. The average Bonchev–Trinajstić information content (AvgIpc) is 3.28. The van der Waals surface area contributed by atoms with Crippen molar-refractivity contribution in [2.75, 3.05) is 13.2 Å². The number of hydrogen-bond donors (Lipinski definition) is 3. The first kappa shape index (κ1) is 60.8. The molecule has 0 rings (SSSR count). The minimum Gasteiger partial charge on any atom is -0.466 e. The molecule has 2 atom stereocenters. The third kappa shape index (κ3) is 49.1. The number of aliphatic hydroxyl groups excluding tert-OH is 2. The van der Waals surface area contributed by atoms with Gasteiger partial charge in [-0.25, -0.2) is 0 Å². The zero-order valence-corrected chi connectivity index (χ0v) is 41.8. The van der Waals surface area contributed by atoms with E-state index in [0.717, 1.165) is 57.8 Å². The zero-order chi connectivity index (χ0) is 45.8. The van der Waals surface area contributed by atoms with Gasteiger partial charge in [-0.3, -0.25) is 9.59 Å². The Morgan fingerprint density at radius 1 is 0.444 bits per heavy atom. The molecule has 0 radical (unpaired) electrons. The maximum atomic E-state index is 12.4. The molecule has 0 aromatic carbocycles. The lowest BCUT2D eigenvalue weighted by Crippen LogP contribution is -2.45. The van der Waals surface area contributed by atoms with Crippen LogP contribution in [0, 0.1) is 0 Å². The lowest BCUT2D eigenvalue weighted by Gasteiger charge is -2.20. The first-order valence-electron chi connectivity index (χ1n) is 27.4. The van der Waals surface area contributed by atoms with E-state index in [1.165, 1.54) is 193 Å². The van der Waals surface area contributed by atoms with Crippen molar-refractivity contribution in [3.8, 4) is 0 Å². The smallest absolute Gasteiger partial charge is 0.305 e. The van der Waals surface area contributed by atoms with E-state index in [0.29, 0.717) is 19.4 Å². The van der Waals surface area contributed by atoms with Gasteiger partial charge in [-0.05, 0) is 83.5 Å². The number of esters is 1. The Kier molecular flexibility index (Phi) is 50.6. The van der Waals surface area contributed by atoms with Crippen molar-refractivity contribution in [3.05, 3.63) is 48.6 Å². The van der Waals surface area contributed by atoms with Crippen LogP contribution < -0.4 is 5.32 Å². The molecule has 0 aliphatic carbocycles. The second-order valence-corrected chi connectivity index (χ2v) is 18.5. The van der Waals surface area contributed by atoms with Gasteiger partial charge in [-0.2, -0.15) is 0 Å². The van der Waals surface area contributed by atoms with Crippen molar-refractivity contribution in [1.82, 2.24) is 5.32 Å². The van der Waals surface area contributed by atoms with Crippen LogP contribution in [-0.4, -0.2) is 47.4 Å². The standard InChI is InChI=1S/C57H105NO5/c1-3-5-7-9-11-13-14-15-28-31-35-39-43-47-51-57(62)63-52-48-44-40-36-32-29-26-24-22-20-18-16-17-19-21-23-25-27-30-34-38-42-46-50-56(61)58-54(53-59)55(60)49-45-41-37-33-12-10-8-6-4-2/h9,11,14-15,19,21,45,49,54-55,59-60H,3-8,10,12-13,16-18,20,22-44,46-48,50-53H2,1-2H3,(H,58,61)/b11-9-,15-14-,21-19-,49-45+. The van der Waals surface area contributed by atoms with Gasteiger partial charge in [0.15, 0.2) is 0 Å². The van der Waals surface area contributed by atoms with E-state index in [1.807, 2.05) is 6.08 Å². The number of allylic oxidation sites excluding steroid dienone is 7. The van der Waals surface area contributed by atoms with Gasteiger partial charge in [0, 0.05) is 12.8 Å². The number of unbranched alkanes of at least 4 members (excludes halogenated alkanes) is 33. The first-order chi connectivity index (χ1) is 31.0. The molecule has 0 heterocycles. The van der Waals surface area contributed by atoms with Gasteiger partial charge < -0.3 is 20.3 Å². The Morgan fingerprint density at radius 2 is 0.810 bits per heavy atom. The Morgan fingerprint density at radius 3 is 1.27 bits per heavy atom. The van der Waals surface area contributed by atoms with Crippen LogP contribution in [0.3, 0.4) is 0 Å². The van der Waals surface area contributed by atoms with E-state index >= 15 is 0 Å². The summed E-state index contributed by atoms with van der Waals surface area (Å²) >= 11 is 0. The van der Waals surface area contributed by atoms with Crippen LogP contribution in [0.1, 0.15) is 277 Å². The number of carbonyl (C=O) groups is 2. The predicted octanol–water partition coefficient (Wildman–Crippen LogP) is 16.6. The van der Waals surface area contributed by atoms with Crippen LogP contribution >= 0.6 is 0 Å². The number of carbonyl (C=O) groups excluding carboxylic acids is 2. The second kappa shape index (κ2) is 52.4. The minimum absolute atomic E-state index is 0.00464. The maximum Gasteiger partial charge on any atom is 0.305 e. The molecule has 3 N–H and O–H groups in total. The van der Waals surface area contributed by atoms with Gasteiger partial charge in [0.25, 0.3) is 0 Å². The van der Waals surface area contributed by atoms with E-state index in [-0.39, 0.29) is 18.5 Å². The van der Waals surface area contributed by atoms with Crippen molar-refractivity contribution < 1.29 is 24.5 Å². The molecule has 63 heavy (non-hydrogen) atoms. The van der Waals surface area contributed by atoms with Gasteiger partial charge in [0.05, 0.1) is 25.4 Å². The Hall–Kier alpha value is -2.18. The third-order valence-corrected chi connectivity index (χ3v) is 12.3. The van der Waals surface area contributed by atoms with Crippen LogP contribution in [0.4, 0.5) is 0 Å². The Labute approximate surface area is 391 Å². The fraction of sp³-hybridized carbons (Fsp3) is 0.825. The largest absolute Gasteiger partial charge is 0.466 e. The van der Waals surface area contributed by atoms with Gasteiger partial charge in [-0.15, -0.1) is 0 Å². The van der Waals surface area contributed by atoms with E-state index in [1.54, 1.807) is 6.08 Å². The second-order valence-electron chi connectivity index (χ2n) is 18.5. The normalized spacial score (nSPS) is 13.0. The van der Waals surface area contributed by atoms with Crippen molar-refractivity contribution in [2.24, 2.45) is 0 Å². The molecule has 0 bridgehead atoms. The summed E-state index contributed by atoms with van der Waals surface area (Å²) in [4.78, 5) is 24.4. The lowest BCUT2D eigenvalue weighted by molar-refractivity contribution is -0.143. The van der Waals surface area contributed by atoms with Crippen molar-refractivity contribution >= 4 is 11.9 Å². The number of nitrogens with one attached hydrogen (secondary N) is 1. The maximum absolute atomic E-state index is 12.4. The van der Waals surface area contributed by atoms with E-state index in [9.17, 15) is 19.8 Å². The molecule has 1 amide bonds. The van der Waals surface area contributed by atoms with E-state index < -0.39 is 12.1 Å². The average molecular weight is 884 g/mol. The molecule has 0 saturated carbocycles. The number of aliphatic hydroxyl groups is 2. The SMILES string of the molecule is CCCC/C=C\C/C=C\CCCCCCCC(=O)OCCCCCCCCCCCCCC/C=C\CCCCCCCCCC(=O)NC(CO)C(O)/C=C/CCCCCCCCC. The molecule has 0 aromatic rings. The Bertz CT molecular complexity index is 1070. The monoisotopic (exact) mass is 884 g/mol. The van der Waals surface area contributed by atoms with Crippen LogP contribution in [0.15, 0.2) is 48.6 Å². The molecule has 0 aliphatic heterocycles. The molecule has 0 spiro atoms. The highest BCUT2D eigenvalue weighted by Crippen LogP contribution is 2.15. The summed E-state index contributed by atoms with van der Waals surface area (Å²) in [7, 11) is 0. The summed E-state index contributed by atoms with van der Waals surface area (Å²) in [6.45, 7) is 4.82. The lowest BCUT2D eigenvalue weighted by atomic mass is 10.0.